The molecule has 2 heterocycles. The van der Waals surface area contributed by atoms with Crippen LogP contribution in [0.15, 0.2) is 47.1 Å². The van der Waals surface area contributed by atoms with Crippen LogP contribution in [0.2, 0.25) is 5.02 Å². The quantitative estimate of drug-likeness (QED) is 0.723. The molecular formula is C22H28ClN3O3. The predicted molar refractivity (Wildman–Crippen MR) is 113 cm³/mol. The largest absolute Gasteiger partial charge is 0.459 e. The molecule has 7 heteroatoms. The number of piperidine rings is 1. The maximum absolute atomic E-state index is 12.8. The van der Waals surface area contributed by atoms with Crippen LogP contribution in [0, 0.1) is 5.92 Å². The van der Waals surface area contributed by atoms with Gasteiger partial charge in [-0.1, -0.05) is 37.6 Å². The Bertz CT molecular complexity index is 797. The van der Waals surface area contributed by atoms with Crippen LogP contribution in [-0.4, -0.2) is 41.9 Å². The number of amides is 2. The van der Waals surface area contributed by atoms with Crippen LogP contribution in [0.1, 0.15) is 42.8 Å². The smallest absolute Gasteiger partial charge is 0.287 e. The Labute approximate surface area is 176 Å². The number of benzene rings is 1. The van der Waals surface area contributed by atoms with Gasteiger partial charge in [0, 0.05) is 30.7 Å². The first-order valence-corrected chi connectivity index (χ1v) is 10.4. The normalized spacial score (nSPS) is 16.6. The number of nitrogens with one attached hydrogen (secondary N) is 2. The standard InChI is InChI=1S/C22H28ClN3O3/c1-15(2)20(25-21(27)19-4-3-13-29-19)22(28)24-18-9-11-26(12-10-18)14-16-5-7-17(23)8-6-16/h3-8,13,15,18,20H,9-12,14H2,1-2H3,(H,24,28)(H,25,27)/t20-/m0/s1. The van der Waals surface area contributed by atoms with E-state index in [2.05, 4.69) is 15.5 Å². The van der Waals surface area contributed by atoms with Gasteiger partial charge in [-0.3, -0.25) is 14.5 Å². The molecule has 2 aromatic rings. The number of hydrogen-bond acceptors (Lipinski definition) is 4. The molecule has 0 spiro atoms. The molecule has 1 aromatic heterocycles. The van der Waals surface area contributed by atoms with Gasteiger partial charge in [-0.2, -0.15) is 0 Å². The summed E-state index contributed by atoms with van der Waals surface area (Å²) in [6.45, 7) is 6.55. The van der Waals surface area contributed by atoms with Crippen molar-refractivity contribution in [2.75, 3.05) is 13.1 Å². The molecule has 2 amide bonds. The van der Waals surface area contributed by atoms with Crippen molar-refractivity contribution in [2.45, 2.75) is 45.3 Å². The summed E-state index contributed by atoms with van der Waals surface area (Å²) in [5.74, 6) is -0.337. The minimum Gasteiger partial charge on any atom is -0.459 e. The van der Waals surface area contributed by atoms with Crippen LogP contribution < -0.4 is 10.6 Å². The summed E-state index contributed by atoms with van der Waals surface area (Å²) in [6.07, 6.45) is 3.21. The molecular weight excluding hydrogens is 390 g/mol. The van der Waals surface area contributed by atoms with Crippen LogP contribution in [0.25, 0.3) is 0 Å². The zero-order valence-electron chi connectivity index (χ0n) is 16.9. The third-order valence-electron chi connectivity index (χ3n) is 5.23. The van der Waals surface area contributed by atoms with Gasteiger partial charge >= 0.3 is 0 Å². The molecule has 1 fully saturated rings. The maximum Gasteiger partial charge on any atom is 0.287 e. The molecule has 29 heavy (non-hydrogen) atoms. The maximum atomic E-state index is 12.8. The van der Waals surface area contributed by atoms with E-state index < -0.39 is 6.04 Å². The molecule has 1 atom stereocenters. The Morgan fingerprint density at radius 2 is 1.86 bits per heavy atom. The van der Waals surface area contributed by atoms with Crippen LogP contribution in [0.4, 0.5) is 0 Å². The second-order valence-electron chi connectivity index (χ2n) is 7.86. The number of nitrogens with zero attached hydrogens (tertiary/aromatic N) is 1. The Hall–Kier alpha value is -2.31. The average molecular weight is 418 g/mol. The summed E-state index contributed by atoms with van der Waals surface area (Å²) in [4.78, 5) is 27.4. The van der Waals surface area contributed by atoms with Crippen molar-refractivity contribution < 1.29 is 14.0 Å². The van der Waals surface area contributed by atoms with E-state index >= 15 is 0 Å². The lowest BCUT2D eigenvalue weighted by atomic mass is 10.00. The van der Waals surface area contributed by atoms with E-state index in [1.165, 1.54) is 11.8 Å². The highest BCUT2D eigenvalue weighted by Gasteiger charge is 2.28. The number of hydrogen-bond donors (Lipinski definition) is 2. The lowest BCUT2D eigenvalue weighted by Crippen LogP contribution is -2.53. The summed E-state index contributed by atoms with van der Waals surface area (Å²) in [6, 6.07) is 10.7. The van der Waals surface area contributed by atoms with Gasteiger partial charge in [-0.15, -0.1) is 0 Å². The lowest BCUT2D eigenvalue weighted by Gasteiger charge is -2.33. The van der Waals surface area contributed by atoms with Gasteiger partial charge in [0.05, 0.1) is 6.26 Å². The molecule has 1 aliphatic heterocycles. The monoisotopic (exact) mass is 417 g/mol. The predicted octanol–water partition coefficient (Wildman–Crippen LogP) is 3.47. The minimum atomic E-state index is -0.598. The molecule has 1 aliphatic rings. The first-order chi connectivity index (χ1) is 13.9. The summed E-state index contributed by atoms with van der Waals surface area (Å²) in [5, 5.41) is 6.65. The fraction of sp³-hybridized carbons (Fsp3) is 0.455. The first-order valence-electron chi connectivity index (χ1n) is 10.0. The Balaban J connectivity index is 1.48. The average Bonchev–Trinajstić information content (AvgIpc) is 3.24. The molecule has 2 N–H and O–H groups in total. The number of rotatable bonds is 7. The van der Waals surface area contributed by atoms with Crippen molar-refractivity contribution in [3.63, 3.8) is 0 Å². The van der Waals surface area contributed by atoms with Crippen molar-refractivity contribution in [2.24, 2.45) is 5.92 Å². The Morgan fingerprint density at radius 1 is 1.17 bits per heavy atom. The minimum absolute atomic E-state index is 0.0288. The second-order valence-corrected chi connectivity index (χ2v) is 8.29. The number of furan rings is 1. The van der Waals surface area contributed by atoms with Crippen molar-refractivity contribution in [1.82, 2.24) is 15.5 Å². The number of carbonyl (C=O) groups excluding carboxylic acids is 2. The highest BCUT2D eigenvalue weighted by atomic mass is 35.5. The fourth-order valence-electron chi connectivity index (χ4n) is 3.53. The fourth-order valence-corrected chi connectivity index (χ4v) is 3.66. The highest BCUT2D eigenvalue weighted by molar-refractivity contribution is 6.30. The van der Waals surface area contributed by atoms with E-state index in [9.17, 15) is 9.59 Å². The zero-order chi connectivity index (χ0) is 20.8. The van der Waals surface area contributed by atoms with Crippen molar-refractivity contribution >= 4 is 23.4 Å². The first kappa shape index (κ1) is 21.4. The molecule has 3 rings (SSSR count). The Kier molecular flexibility index (Phi) is 7.34. The van der Waals surface area contributed by atoms with Gasteiger partial charge < -0.3 is 15.1 Å². The molecule has 156 valence electrons. The topological polar surface area (TPSA) is 74.6 Å². The van der Waals surface area contributed by atoms with E-state index in [0.717, 1.165) is 37.5 Å². The number of carbonyl (C=O) groups is 2. The number of halogens is 1. The summed E-state index contributed by atoms with van der Waals surface area (Å²) in [5.41, 5.74) is 1.23. The van der Waals surface area contributed by atoms with Gasteiger partial charge in [-0.25, -0.2) is 0 Å². The second kappa shape index (κ2) is 9.94. The molecule has 0 radical (unpaired) electrons. The number of likely N-dealkylation sites (tertiary alicyclic amines) is 1. The molecule has 0 saturated carbocycles. The molecule has 1 aromatic carbocycles. The van der Waals surface area contributed by atoms with E-state index in [1.54, 1.807) is 12.1 Å². The van der Waals surface area contributed by atoms with Gasteiger partial charge in [0.15, 0.2) is 5.76 Å². The van der Waals surface area contributed by atoms with Crippen molar-refractivity contribution in [3.05, 3.63) is 59.0 Å². The summed E-state index contributed by atoms with van der Waals surface area (Å²) in [7, 11) is 0. The third kappa shape index (κ3) is 6.08. The SMILES string of the molecule is CC(C)[C@H](NC(=O)c1ccco1)C(=O)NC1CCN(Cc2ccc(Cl)cc2)CC1. The molecule has 6 nitrogen and oxygen atoms in total. The zero-order valence-corrected chi connectivity index (χ0v) is 17.6. The van der Waals surface area contributed by atoms with E-state index in [1.807, 2.05) is 38.1 Å². The van der Waals surface area contributed by atoms with Crippen molar-refractivity contribution in [1.29, 1.82) is 0 Å². The lowest BCUT2D eigenvalue weighted by molar-refractivity contribution is -0.125. The molecule has 1 saturated heterocycles. The van der Waals surface area contributed by atoms with Gasteiger partial charge in [0.1, 0.15) is 6.04 Å². The van der Waals surface area contributed by atoms with Gasteiger partial charge in [-0.05, 0) is 48.6 Å². The van der Waals surface area contributed by atoms with Crippen LogP contribution in [-0.2, 0) is 11.3 Å². The van der Waals surface area contributed by atoms with Crippen LogP contribution in [0.3, 0.4) is 0 Å². The van der Waals surface area contributed by atoms with Crippen LogP contribution >= 0.6 is 11.6 Å². The van der Waals surface area contributed by atoms with E-state index in [-0.39, 0.29) is 29.5 Å². The summed E-state index contributed by atoms with van der Waals surface area (Å²) >= 11 is 5.94. The molecule has 0 aliphatic carbocycles. The highest BCUT2D eigenvalue weighted by Crippen LogP contribution is 2.16. The molecule has 0 bridgehead atoms. The third-order valence-corrected chi connectivity index (χ3v) is 5.49. The van der Waals surface area contributed by atoms with Crippen LogP contribution in [0.5, 0.6) is 0 Å². The summed E-state index contributed by atoms with van der Waals surface area (Å²) < 4.78 is 5.12. The van der Waals surface area contributed by atoms with E-state index in [0.29, 0.717) is 0 Å². The molecule has 0 unspecified atom stereocenters. The van der Waals surface area contributed by atoms with Gasteiger partial charge in [0.2, 0.25) is 5.91 Å². The Morgan fingerprint density at radius 3 is 2.45 bits per heavy atom. The van der Waals surface area contributed by atoms with Crippen molar-refractivity contribution in [3.8, 4) is 0 Å². The van der Waals surface area contributed by atoms with Gasteiger partial charge in [0.25, 0.3) is 5.91 Å². The van der Waals surface area contributed by atoms with E-state index in [4.69, 9.17) is 16.0 Å².